The van der Waals surface area contributed by atoms with Gasteiger partial charge in [-0.25, -0.2) is 0 Å². The zero-order valence-electron chi connectivity index (χ0n) is 22.8. The number of carbonyl (C=O) groups is 3. The van der Waals surface area contributed by atoms with Crippen LogP contribution in [0.25, 0.3) is 10.9 Å². The number of nitrogens with zero attached hydrogens (tertiary/aromatic N) is 3. The molecule has 2 aliphatic heterocycles. The fourth-order valence-corrected chi connectivity index (χ4v) is 5.69. The minimum atomic E-state index is -0.694. The van der Waals surface area contributed by atoms with Crippen LogP contribution in [0.2, 0.25) is 0 Å². The molecule has 2 aliphatic rings. The van der Waals surface area contributed by atoms with E-state index < -0.39 is 11.5 Å². The Morgan fingerprint density at radius 1 is 1.05 bits per heavy atom. The molecule has 4 heterocycles. The summed E-state index contributed by atoms with van der Waals surface area (Å²) in [5.41, 5.74) is 2.39. The molecule has 2 aromatic heterocycles. The van der Waals surface area contributed by atoms with Crippen molar-refractivity contribution in [1.29, 1.82) is 0 Å². The van der Waals surface area contributed by atoms with Crippen molar-refractivity contribution in [3.05, 3.63) is 65.6 Å². The van der Waals surface area contributed by atoms with E-state index in [1.807, 2.05) is 67.0 Å². The van der Waals surface area contributed by atoms with Crippen molar-refractivity contribution in [2.75, 3.05) is 13.1 Å². The average Bonchev–Trinajstić information content (AvgIpc) is 3.60. The molecule has 2 N–H and O–H groups in total. The Bertz CT molecular complexity index is 1320. The van der Waals surface area contributed by atoms with Gasteiger partial charge in [-0.05, 0) is 47.9 Å². The van der Waals surface area contributed by atoms with Crippen molar-refractivity contribution in [2.24, 2.45) is 11.3 Å². The molecule has 3 atom stereocenters. The molecule has 2 saturated heterocycles. The number of benzene rings is 1. The molecule has 0 spiro atoms. The molecule has 2 bridgehead atoms. The molecule has 3 amide bonds. The van der Waals surface area contributed by atoms with Gasteiger partial charge in [0.2, 0.25) is 5.91 Å². The molecule has 38 heavy (non-hydrogen) atoms. The fraction of sp³-hybridized carbons (Fsp3) is 0.467. The normalized spacial score (nSPS) is 19.8. The standard InChI is InChI=1S/C30H37N5O3/c1-18(2)12-19-10-11-24(31-15-19)28(37)34-16-22-14-21(34)17-35(22)29(38)26(30(3,4)5)33-27(36)25-13-20-8-6-7-9-23(20)32-25/h6-11,13,15,18,21-22,26,32H,12,14,16-17H2,1-5H3,(H,33,36)/t21-,22-,26+/m0/s1. The van der Waals surface area contributed by atoms with Crippen LogP contribution in [0.4, 0.5) is 0 Å². The van der Waals surface area contributed by atoms with E-state index in [1.54, 1.807) is 12.3 Å². The summed E-state index contributed by atoms with van der Waals surface area (Å²) in [6.45, 7) is 11.1. The van der Waals surface area contributed by atoms with E-state index in [1.165, 1.54) is 0 Å². The second-order valence-electron chi connectivity index (χ2n) is 12.2. The van der Waals surface area contributed by atoms with E-state index in [4.69, 9.17) is 0 Å². The summed E-state index contributed by atoms with van der Waals surface area (Å²) in [5.74, 6) is 0.0425. The maximum absolute atomic E-state index is 13.8. The number of rotatable bonds is 6. The fourth-order valence-electron chi connectivity index (χ4n) is 5.69. The Hall–Kier alpha value is -3.68. The van der Waals surface area contributed by atoms with Gasteiger partial charge in [-0.2, -0.15) is 0 Å². The molecule has 2 fully saturated rings. The molecule has 8 nitrogen and oxygen atoms in total. The SMILES string of the molecule is CC(C)Cc1ccc(C(=O)N2C[C@@H]3C[C@H]2CN3C(=O)[C@@H](NC(=O)c2cc3ccccc3[nH]2)C(C)(C)C)nc1. The lowest BCUT2D eigenvalue weighted by Gasteiger charge is -2.39. The topological polar surface area (TPSA) is 98.4 Å². The number of carbonyl (C=O) groups excluding carboxylic acids is 3. The van der Waals surface area contributed by atoms with E-state index in [0.717, 1.165) is 29.3 Å². The van der Waals surface area contributed by atoms with Crippen molar-refractivity contribution >= 4 is 28.6 Å². The summed E-state index contributed by atoms with van der Waals surface area (Å²) >= 11 is 0. The number of amides is 3. The number of aromatic nitrogens is 2. The quantitative estimate of drug-likeness (QED) is 0.518. The summed E-state index contributed by atoms with van der Waals surface area (Å²) in [6, 6.07) is 12.5. The second-order valence-corrected chi connectivity index (χ2v) is 12.2. The molecule has 1 aromatic carbocycles. The third-order valence-electron chi connectivity index (χ3n) is 7.64. The number of aromatic amines is 1. The van der Waals surface area contributed by atoms with Crippen LogP contribution in [0, 0.1) is 11.3 Å². The first kappa shape index (κ1) is 25.9. The number of H-pyrrole nitrogens is 1. The van der Waals surface area contributed by atoms with Gasteiger partial charge in [-0.15, -0.1) is 0 Å². The second kappa shape index (κ2) is 9.89. The van der Waals surface area contributed by atoms with E-state index >= 15 is 0 Å². The van der Waals surface area contributed by atoms with Crippen LogP contribution in [0.1, 0.15) is 67.6 Å². The molecule has 200 valence electrons. The van der Waals surface area contributed by atoms with Gasteiger partial charge < -0.3 is 20.1 Å². The number of likely N-dealkylation sites (tertiary alicyclic amines) is 2. The van der Waals surface area contributed by atoms with Gasteiger partial charge in [0.05, 0.1) is 12.1 Å². The number of fused-ring (bicyclic) bond motifs is 3. The number of pyridine rings is 1. The predicted molar refractivity (Wildman–Crippen MR) is 147 cm³/mol. The zero-order valence-corrected chi connectivity index (χ0v) is 22.8. The van der Waals surface area contributed by atoms with Crippen LogP contribution < -0.4 is 5.32 Å². The van der Waals surface area contributed by atoms with Gasteiger partial charge in [0.25, 0.3) is 11.8 Å². The summed E-state index contributed by atoms with van der Waals surface area (Å²) in [4.78, 5) is 51.4. The Labute approximate surface area is 223 Å². The van der Waals surface area contributed by atoms with Crippen molar-refractivity contribution < 1.29 is 14.4 Å². The summed E-state index contributed by atoms with van der Waals surface area (Å²) < 4.78 is 0. The number of hydrogen-bond acceptors (Lipinski definition) is 4. The molecule has 5 rings (SSSR count). The molecular formula is C30H37N5O3. The van der Waals surface area contributed by atoms with E-state index in [-0.39, 0.29) is 29.8 Å². The van der Waals surface area contributed by atoms with Crippen LogP contribution in [-0.4, -0.2) is 68.7 Å². The molecule has 0 unspecified atom stereocenters. The summed E-state index contributed by atoms with van der Waals surface area (Å²) in [6.07, 6.45) is 3.47. The van der Waals surface area contributed by atoms with Gasteiger partial charge in [0, 0.05) is 30.2 Å². The van der Waals surface area contributed by atoms with Crippen molar-refractivity contribution in [1.82, 2.24) is 25.1 Å². The van der Waals surface area contributed by atoms with E-state index in [0.29, 0.717) is 30.4 Å². The van der Waals surface area contributed by atoms with Crippen LogP contribution in [0.3, 0.4) is 0 Å². The molecule has 0 aliphatic carbocycles. The van der Waals surface area contributed by atoms with Crippen molar-refractivity contribution in [3.8, 4) is 0 Å². The number of para-hydroxylation sites is 1. The lowest BCUT2D eigenvalue weighted by molar-refractivity contribution is -0.138. The molecule has 8 heteroatoms. The zero-order chi connectivity index (χ0) is 27.2. The average molecular weight is 516 g/mol. The Morgan fingerprint density at radius 3 is 2.37 bits per heavy atom. The minimum absolute atomic E-state index is 0.0429. The van der Waals surface area contributed by atoms with Gasteiger partial charge >= 0.3 is 0 Å². The predicted octanol–water partition coefficient (Wildman–Crippen LogP) is 4.03. The Balaban J connectivity index is 1.26. The first-order valence-electron chi connectivity index (χ1n) is 13.5. The van der Waals surface area contributed by atoms with Gasteiger partial charge in [-0.1, -0.05) is 58.9 Å². The third kappa shape index (κ3) is 5.04. The molecule has 0 radical (unpaired) electrons. The van der Waals surface area contributed by atoms with Crippen LogP contribution in [0.15, 0.2) is 48.7 Å². The maximum Gasteiger partial charge on any atom is 0.272 e. The van der Waals surface area contributed by atoms with Crippen LogP contribution >= 0.6 is 0 Å². The lowest BCUT2D eigenvalue weighted by Crippen LogP contribution is -2.59. The highest BCUT2D eigenvalue weighted by molar-refractivity contribution is 6.00. The smallest absolute Gasteiger partial charge is 0.272 e. The van der Waals surface area contributed by atoms with Gasteiger partial charge in [0.15, 0.2) is 0 Å². The summed E-state index contributed by atoms with van der Waals surface area (Å²) in [5, 5.41) is 3.94. The van der Waals surface area contributed by atoms with Gasteiger partial charge in [0.1, 0.15) is 17.4 Å². The third-order valence-corrected chi connectivity index (χ3v) is 7.64. The Morgan fingerprint density at radius 2 is 1.76 bits per heavy atom. The highest BCUT2D eigenvalue weighted by Gasteiger charge is 2.50. The lowest BCUT2D eigenvalue weighted by atomic mass is 9.85. The molecule has 3 aromatic rings. The van der Waals surface area contributed by atoms with E-state index in [2.05, 4.69) is 29.1 Å². The van der Waals surface area contributed by atoms with Crippen LogP contribution in [-0.2, 0) is 11.2 Å². The summed E-state index contributed by atoms with van der Waals surface area (Å²) in [7, 11) is 0. The first-order valence-corrected chi connectivity index (χ1v) is 13.5. The molecular weight excluding hydrogens is 478 g/mol. The first-order chi connectivity index (χ1) is 18.0. The Kier molecular flexibility index (Phi) is 6.75. The highest BCUT2D eigenvalue weighted by atomic mass is 16.2. The van der Waals surface area contributed by atoms with Crippen molar-refractivity contribution in [2.45, 2.75) is 65.6 Å². The number of hydrogen-bond donors (Lipinski definition) is 2. The van der Waals surface area contributed by atoms with E-state index in [9.17, 15) is 14.4 Å². The minimum Gasteiger partial charge on any atom is -0.351 e. The van der Waals surface area contributed by atoms with Crippen molar-refractivity contribution in [3.63, 3.8) is 0 Å². The number of nitrogens with one attached hydrogen (secondary N) is 2. The monoisotopic (exact) mass is 515 g/mol. The number of piperazine rings is 1. The maximum atomic E-state index is 13.8. The molecule has 0 saturated carbocycles. The highest BCUT2D eigenvalue weighted by Crippen LogP contribution is 2.34. The van der Waals surface area contributed by atoms with Gasteiger partial charge in [-0.3, -0.25) is 19.4 Å². The largest absolute Gasteiger partial charge is 0.351 e. The van der Waals surface area contributed by atoms with Crippen LogP contribution in [0.5, 0.6) is 0 Å².